The number of aryl methyl sites for hydroxylation is 1. The fraction of sp³-hybridized carbons (Fsp3) is 0.333. The second-order valence-electron chi connectivity index (χ2n) is 4.68. The Balaban J connectivity index is 1.78. The van der Waals surface area contributed by atoms with Crippen LogP contribution in [0.2, 0.25) is 0 Å². The summed E-state index contributed by atoms with van der Waals surface area (Å²) in [4.78, 5) is 1.06. The summed E-state index contributed by atoms with van der Waals surface area (Å²) in [6.45, 7) is 2.09. The molecule has 2 N–H and O–H groups in total. The van der Waals surface area contributed by atoms with Crippen LogP contribution in [0.15, 0.2) is 29.6 Å². The number of hydrogen-bond acceptors (Lipinski definition) is 4. The Hall–Kier alpha value is -1.50. The van der Waals surface area contributed by atoms with Gasteiger partial charge in [-0.25, -0.2) is 8.78 Å². The summed E-state index contributed by atoms with van der Waals surface area (Å²) in [6.07, 6.45) is -0.843. The Bertz CT molecular complexity index is 575. The van der Waals surface area contributed by atoms with E-state index in [-0.39, 0.29) is 18.8 Å². The molecule has 1 unspecified atom stereocenters. The number of benzene rings is 1. The highest BCUT2D eigenvalue weighted by atomic mass is 32.1. The molecule has 6 heteroatoms. The third-order valence-electron chi connectivity index (χ3n) is 2.93. The molecule has 0 saturated carbocycles. The van der Waals surface area contributed by atoms with Gasteiger partial charge in [0, 0.05) is 11.4 Å². The van der Waals surface area contributed by atoms with Gasteiger partial charge in [0.15, 0.2) is 5.82 Å². The lowest BCUT2D eigenvalue weighted by atomic mass is 10.2. The van der Waals surface area contributed by atoms with Crippen LogP contribution >= 0.6 is 11.3 Å². The van der Waals surface area contributed by atoms with Gasteiger partial charge in [-0.15, -0.1) is 11.3 Å². The lowest BCUT2D eigenvalue weighted by Crippen LogP contribution is -2.25. The fourth-order valence-corrected chi connectivity index (χ4v) is 2.43. The van der Waals surface area contributed by atoms with E-state index in [9.17, 15) is 13.9 Å². The van der Waals surface area contributed by atoms with Crippen molar-refractivity contribution in [3.05, 3.63) is 51.7 Å². The molecule has 0 aliphatic carbocycles. The lowest BCUT2D eigenvalue weighted by Gasteiger charge is -2.14. The Kier molecular flexibility index (Phi) is 5.67. The quantitative estimate of drug-likeness (QED) is 0.824. The van der Waals surface area contributed by atoms with Gasteiger partial charge in [0.05, 0.1) is 19.3 Å². The van der Waals surface area contributed by atoms with Crippen molar-refractivity contribution in [1.29, 1.82) is 0 Å². The molecule has 0 amide bonds. The molecule has 3 nitrogen and oxygen atoms in total. The van der Waals surface area contributed by atoms with Crippen LogP contribution in [0, 0.1) is 18.6 Å². The van der Waals surface area contributed by atoms with Crippen molar-refractivity contribution >= 4 is 17.0 Å². The number of thiophene rings is 1. The van der Waals surface area contributed by atoms with E-state index in [1.54, 1.807) is 18.3 Å². The lowest BCUT2D eigenvalue weighted by molar-refractivity contribution is 0.0358. The van der Waals surface area contributed by atoms with Crippen LogP contribution in [0.25, 0.3) is 0 Å². The zero-order chi connectivity index (χ0) is 15.2. The predicted molar refractivity (Wildman–Crippen MR) is 79.6 cm³/mol. The topological polar surface area (TPSA) is 41.5 Å². The summed E-state index contributed by atoms with van der Waals surface area (Å²) in [6, 6.07) is 6.42. The number of aliphatic hydroxyl groups is 1. The van der Waals surface area contributed by atoms with E-state index in [4.69, 9.17) is 4.74 Å². The molecule has 1 aromatic carbocycles. The summed E-state index contributed by atoms with van der Waals surface area (Å²) >= 11 is 1.57. The first kappa shape index (κ1) is 15.9. The number of hydrogen-bond donors (Lipinski definition) is 2. The molecule has 2 rings (SSSR count). The number of ether oxygens (including phenoxy) is 1. The Morgan fingerprint density at radius 1 is 1.33 bits per heavy atom. The maximum Gasteiger partial charge on any atom is 0.152 e. The van der Waals surface area contributed by atoms with Gasteiger partial charge in [-0.1, -0.05) is 12.1 Å². The Morgan fingerprint density at radius 2 is 2.14 bits per heavy atom. The predicted octanol–water partition coefficient (Wildman–Crippen LogP) is 3.32. The van der Waals surface area contributed by atoms with Gasteiger partial charge in [0.1, 0.15) is 11.5 Å². The van der Waals surface area contributed by atoms with Crippen LogP contribution < -0.4 is 5.32 Å². The molecule has 0 aliphatic rings. The number of aliphatic hydroxyl groups excluding tert-OH is 1. The average molecular weight is 313 g/mol. The van der Waals surface area contributed by atoms with Gasteiger partial charge >= 0.3 is 0 Å². The molecular formula is C15H17F2NO2S. The van der Waals surface area contributed by atoms with Gasteiger partial charge in [-0.2, -0.15) is 0 Å². The average Bonchev–Trinajstić information content (AvgIpc) is 2.96. The van der Waals surface area contributed by atoms with E-state index in [0.29, 0.717) is 12.2 Å². The molecule has 0 aliphatic heterocycles. The molecule has 0 saturated heterocycles. The summed E-state index contributed by atoms with van der Waals surface area (Å²) in [7, 11) is 0. The van der Waals surface area contributed by atoms with Crippen LogP contribution in [-0.2, 0) is 11.3 Å². The minimum atomic E-state index is -0.843. The third-order valence-corrected chi connectivity index (χ3v) is 3.78. The zero-order valence-electron chi connectivity index (χ0n) is 11.6. The van der Waals surface area contributed by atoms with E-state index >= 15 is 0 Å². The van der Waals surface area contributed by atoms with Crippen LogP contribution in [0.4, 0.5) is 14.5 Å². The molecule has 1 atom stereocenters. The van der Waals surface area contributed by atoms with Gasteiger partial charge in [0.2, 0.25) is 0 Å². The molecule has 0 fully saturated rings. The Morgan fingerprint density at radius 3 is 2.86 bits per heavy atom. The molecule has 2 aromatic rings. The number of nitrogens with one attached hydrogen (secondary N) is 1. The molecule has 0 spiro atoms. The van der Waals surface area contributed by atoms with Gasteiger partial charge < -0.3 is 15.2 Å². The van der Waals surface area contributed by atoms with E-state index in [0.717, 1.165) is 4.88 Å². The van der Waals surface area contributed by atoms with Crippen molar-refractivity contribution in [2.45, 2.75) is 19.6 Å². The van der Waals surface area contributed by atoms with Crippen LogP contribution in [0.5, 0.6) is 0 Å². The SMILES string of the molecule is Cc1ccc(F)c(NCC(O)COCc2cccs2)c1F. The standard InChI is InChI=1S/C15H17F2NO2S/c1-10-4-5-13(16)15(14(10)17)18-7-11(19)8-20-9-12-3-2-6-21-12/h2-6,11,18-19H,7-9H2,1H3. The molecule has 0 bridgehead atoms. The Labute approximate surface area is 126 Å². The zero-order valence-corrected chi connectivity index (χ0v) is 12.4. The molecule has 1 heterocycles. The summed E-state index contributed by atoms with van der Waals surface area (Å²) in [5.74, 6) is -1.31. The second-order valence-corrected chi connectivity index (χ2v) is 5.71. The van der Waals surface area contributed by atoms with E-state index in [2.05, 4.69) is 5.32 Å². The third kappa shape index (κ3) is 4.49. The monoisotopic (exact) mass is 313 g/mol. The highest BCUT2D eigenvalue weighted by Crippen LogP contribution is 2.21. The molecular weight excluding hydrogens is 296 g/mol. The van der Waals surface area contributed by atoms with Crippen LogP contribution in [0.1, 0.15) is 10.4 Å². The highest BCUT2D eigenvalue weighted by Gasteiger charge is 2.13. The van der Waals surface area contributed by atoms with Gasteiger partial charge in [-0.3, -0.25) is 0 Å². The first-order chi connectivity index (χ1) is 10.1. The molecule has 0 radical (unpaired) electrons. The van der Waals surface area contributed by atoms with E-state index in [1.165, 1.54) is 12.1 Å². The van der Waals surface area contributed by atoms with Crippen molar-refractivity contribution in [3.8, 4) is 0 Å². The van der Waals surface area contributed by atoms with Crippen molar-refractivity contribution in [3.63, 3.8) is 0 Å². The van der Waals surface area contributed by atoms with Crippen LogP contribution in [0.3, 0.4) is 0 Å². The minimum absolute atomic E-state index is 0.0156. The van der Waals surface area contributed by atoms with E-state index in [1.807, 2.05) is 17.5 Å². The maximum absolute atomic E-state index is 13.7. The molecule has 114 valence electrons. The fourth-order valence-electron chi connectivity index (χ4n) is 1.79. The van der Waals surface area contributed by atoms with Crippen molar-refractivity contribution < 1.29 is 18.6 Å². The van der Waals surface area contributed by atoms with Crippen molar-refractivity contribution in [1.82, 2.24) is 0 Å². The smallest absolute Gasteiger partial charge is 0.152 e. The summed E-state index contributed by atoms with van der Waals surface area (Å²) < 4.78 is 32.6. The number of halogens is 2. The largest absolute Gasteiger partial charge is 0.389 e. The second kappa shape index (κ2) is 7.49. The van der Waals surface area contributed by atoms with E-state index < -0.39 is 17.7 Å². The highest BCUT2D eigenvalue weighted by molar-refractivity contribution is 7.09. The van der Waals surface area contributed by atoms with Crippen molar-refractivity contribution in [2.24, 2.45) is 0 Å². The minimum Gasteiger partial charge on any atom is -0.389 e. The van der Waals surface area contributed by atoms with Crippen molar-refractivity contribution in [2.75, 3.05) is 18.5 Å². The maximum atomic E-state index is 13.7. The van der Waals surface area contributed by atoms with Crippen LogP contribution in [-0.4, -0.2) is 24.4 Å². The first-order valence-electron chi connectivity index (χ1n) is 6.54. The molecule has 1 aromatic heterocycles. The number of anilines is 1. The molecule has 21 heavy (non-hydrogen) atoms. The van der Waals surface area contributed by atoms with Gasteiger partial charge in [-0.05, 0) is 30.0 Å². The summed E-state index contributed by atoms with van der Waals surface area (Å²) in [5.41, 5.74) is 0.134. The summed E-state index contributed by atoms with van der Waals surface area (Å²) in [5, 5.41) is 14.3. The number of rotatable bonds is 7. The normalized spacial score (nSPS) is 12.4. The van der Waals surface area contributed by atoms with Gasteiger partial charge in [0.25, 0.3) is 0 Å². The first-order valence-corrected chi connectivity index (χ1v) is 7.42.